The van der Waals surface area contributed by atoms with Crippen molar-refractivity contribution >= 4 is 29.3 Å². The lowest BCUT2D eigenvalue weighted by molar-refractivity contribution is -0.116. The number of carbonyl (C=O) groups excluding carboxylic acids is 3. The Morgan fingerprint density at radius 2 is 1.64 bits per heavy atom. The summed E-state index contributed by atoms with van der Waals surface area (Å²) in [4.78, 5) is 39.6. The molecule has 0 saturated carbocycles. The number of ether oxygens (including phenoxy) is 1. The molecule has 0 atom stereocenters. The summed E-state index contributed by atoms with van der Waals surface area (Å²) >= 11 is 0. The molecule has 2 rings (SSSR count). The minimum absolute atomic E-state index is 0.0901. The van der Waals surface area contributed by atoms with E-state index in [0.29, 0.717) is 16.9 Å². The zero-order valence-corrected chi connectivity index (χ0v) is 16.1. The van der Waals surface area contributed by atoms with Crippen LogP contribution >= 0.6 is 0 Å². The lowest BCUT2D eigenvalue weighted by Gasteiger charge is -2.19. The Labute approximate surface area is 163 Å². The molecule has 2 aromatic rings. The van der Waals surface area contributed by atoms with Crippen LogP contribution in [0.1, 0.15) is 37.6 Å². The van der Waals surface area contributed by atoms with Crippen molar-refractivity contribution in [2.45, 2.75) is 32.8 Å². The monoisotopic (exact) mass is 384 g/mol. The van der Waals surface area contributed by atoms with E-state index >= 15 is 0 Å². The molecule has 0 aliphatic heterocycles. The molecule has 1 aromatic carbocycles. The van der Waals surface area contributed by atoms with Gasteiger partial charge in [0.1, 0.15) is 5.60 Å². The highest BCUT2D eigenvalue weighted by molar-refractivity contribution is 6.04. The lowest BCUT2D eigenvalue weighted by atomic mass is 10.2. The summed E-state index contributed by atoms with van der Waals surface area (Å²) in [5.41, 5.74) is 0.979. The number of alkyl carbamates (subject to hydrolysis) is 1. The number of hydrogen-bond acceptors (Lipinski definition) is 5. The Morgan fingerprint density at radius 1 is 1.00 bits per heavy atom. The number of pyridine rings is 1. The summed E-state index contributed by atoms with van der Waals surface area (Å²) in [5.74, 6) is -0.541. The number of hydrogen-bond donors (Lipinski definition) is 3. The number of nitrogens with zero attached hydrogens (tertiary/aromatic N) is 1. The summed E-state index contributed by atoms with van der Waals surface area (Å²) in [7, 11) is 0. The molecule has 3 N–H and O–H groups in total. The van der Waals surface area contributed by atoms with E-state index in [2.05, 4.69) is 20.9 Å². The van der Waals surface area contributed by atoms with Crippen LogP contribution in [0.4, 0.5) is 16.2 Å². The Morgan fingerprint density at radius 3 is 2.29 bits per heavy atom. The fourth-order valence-electron chi connectivity index (χ4n) is 2.20. The van der Waals surface area contributed by atoms with E-state index in [1.807, 2.05) is 0 Å². The third-order valence-electron chi connectivity index (χ3n) is 3.37. The molecule has 0 radical (unpaired) electrons. The van der Waals surface area contributed by atoms with Crippen LogP contribution in [0, 0.1) is 0 Å². The van der Waals surface area contributed by atoms with Gasteiger partial charge >= 0.3 is 6.09 Å². The molecular weight excluding hydrogens is 360 g/mol. The van der Waals surface area contributed by atoms with Gasteiger partial charge in [0, 0.05) is 42.3 Å². The molecule has 0 saturated heterocycles. The molecule has 1 aromatic heterocycles. The molecule has 0 bridgehead atoms. The molecule has 0 unspecified atom stereocenters. The lowest BCUT2D eigenvalue weighted by Crippen LogP contribution is -2.34. The average Bonchev–Trinajstić information content (AvgIpc) is 2.61. The van der Waals surface area contributed by atoms with Crippen molar-refractivity contribution in [2.24, 2.45) is 0 Å². The molecule has 8 nitrogen and oxygen atoms in total. The summed E-state index contributed by atoms with van der Waals surface area (Å²) in [6.45, 7) is 5.44. The van der Waals surface area contributed by atoms with Crippen LogP contribution in [0.15, 0.2) is 48.8 Å². The Balaban J connectivity index is 1.82. The first-order chi connectivity index (χ1) is 13.2. The Kier molecular flexibility index (Phi) is 7.08. The first-order valence-corrected chi connectivity index (χ1v) is 8.81. The number of amides is 3. The van der Waals surface area contributed by atoms with E-state index in [0.717, 1.165) is 0 Å². The molecule has 8 heteroatoms. The predicted molar refractivity (Wildman–Crippen MR) is 106 cm³/mol. The zero-order valence-electron chi connectivity index (χ0n) is 16.1. The number of carbonyl (C=O) groups is 3. The minimum Gasteiger partial charge on any atom is -0.444 e. The van der Waals surface area contributed by atoms with Crippen LogP contribution in [0.25, 0.3) is 0 Å². The molecule has 28 heavy (non-hydrogen) atoms. The van der Waals surface area contributed by atoms with Crippen molar-refractivity contribution in [2.75, 3.05) is 17.2 Å². The molecule has 0 fully saturated rings. The standard InChI is InChI=1S/C20H24N4O4/c1-20(2,3)28-19(27)22-12-9-17(25)23-15-5-4-6-16(13-15)24-18(26)14-7-10-21-11-8-14/h4-8,10-11,13H,9,12H2,1-3H3,(H,22,27)(H,23,25)(H,24,26). The van der Waals surface area contributed by atoms with Gasteiger partial charge in [-0.05, 0) is 51.1 Å². The Hall–Kier alpha value is -3.42. The normalized spacial score (nSPS) is 10.7. The van der Waals surface area contributed by atoms with E-state index in [1.54, 1.807) is 57.2 Å². The average molecular weight is 384 g/mol. The first-order valence-electron chi connectivity index (χ1n) is 8.81. The second-order valence-electron chi connectivity index (χ2n) is 7.00. The van der Waals surface area contributed by atoms with Gasteiger partial charge in [0.25, 0.3) is 5.91 Å². The van der Waals surface area contributed by atoms with Gasteiger partial charge in [-0.2, -0.15) is 0 Å². The van der Waals surface area contributed by atoms with Gasteiger partial charge in [-0.25, -0.2) is 4.79 Å². The molecule has 3 amide bonds. The molecule has 0 spiro atoms. The molecule has 148 valence electrons. The highest BCUT2D eigenvalue weighted by atomic mass is 16.6. The van der Waals surface area contributed by atoms with Crippen LogP contribution in [0.5, 0.6) is 0 Å². The van der Waals surface area contributed by atoms with Crippen LogP contribution in [0.3, 0.4) is 0 Å². The van der Waals surface area contributed by atoms with Crippen molar-refractivity contribution < 1.29 is 19.1 Å². The maximum atomic E-state index is 12.2. The smallest absolute Gasteiger partial charge is 0.407 e. The van der Waals surface area contributed by atoms with Gasteiger partial charge in [0.05, 0.1) is 0 Å². The van der Waals surface area contributed by atoms with Crippen LogP contribution in [-0.2, 0) is 9.53 Å². The minimum atomic E-state index is -0.590. The summed E-state index contributed by atoms with van der Waals surface area (Å²) in [6.07, 6.45) is 2.60. The van der Waals surface area contributed by atoms with Gasteiger partial charge in [0.2, 0.25) is 5.91 Å². The molecule has 0 aliphatic rings. The summed E-state index contributed by atoms with van der Waals surface area (Å²) in [5, 5.41) is 8.01. The van der Waals surface area contributed by atoms with Crippen molar-refractivity contribution in [1.29, 1.82) is 0 Å². The van der Waals surface area contributed by atoms with Crippen LogP contribution < -0.4 is 16.0 Å². The highest BCUT2D eigenvalue weighted by Crippen LogP contribution is 2.16. The van der Waals surface area contributed by atoms with Gasteiger partial charge in [-0.15, -0.1) is 0 Å². The number of rotatable bonds is 6. The van der Waals surface area contributed by atoms with Crippen molar-refractivity contribution in [3.05, 3.63) is 54.4 Å². The first kappa shape index (κ1) is 20.9. The molecule has 0 aliphatic carbocycles. The van der Waals surface area contributed by atoms with Gasteiger partial charge < -0.3 is 20.7 Å². The van der Waals surface area contributed by atoms with E-state index in [1.165, 1.54) is 12.4 Å². The van der Waals surface area contributed by atoms with E-state index in [4.69, 9.17) is 4.74 Å². The quantitative estimate of drug-likeness (QED) is 0.709. The van der Waals surface area contributed by atoms with Gasteiger partial charge in [0.15, 0.2) is 0 Å². The molecular formula is C20H24N4O4. The maximum Gasteiger partial charge on any atom is 0.407 e. The second-order valence-corrected chi connectivity index (χ2v) is 7.00. The van der Waals surface area contributed by atoms with Crippen LogP contribution in [0.2, 0.25) is 0 Å². The van der Waals surface area contributed by atoms with Crippen molar-refractivity contribution in [1.82, 2.24) is 10.3 Å². The zero-order chi connectivity index (χ0) is 20.6. The topological polar surface area (TPSA) is 109 Å². The fourth-order valence-corrected chi connectivity index (χ4v) is 2.20. The summed E-state index contributed by atoms with van der Waals surface area (Å²) < 4.78 is 5.10. The SMILES string of the molecule is CC(C)(C)OC(=O)NCCC(=O)Nc1cccc(NC(=O)c2ccncc2)c1. The van der Waals surface area contributed by atoms with E-state index < -0.39 is 11.7 Å². The number of benzene rings is 1. The number of nitrogens with one attached hydrogen (secondary N) is 3. The fraction of sp³-hybridized carbons (Fsp3) is 0.300. The maximum absolute atomic E-state index is 12.2. The van der Waals surface area contributed by atoms with Crippen molar-refractivity contribution in [3.8, 4) is 0 Å². The largest absolute Gasteiger partial charge is 0.444 e. The molecule has 1 heterocycles. The van der Waals surface area contributed by atoms with Gasteiger partial charge in [-0.3, -0.25) is 14.6 Å². The Bertz CT molecular complexity index is 832. The third kappa shape index (κ3) is 7.45. The predicted octanol–water partition coefficient (Wildman–Crippen LogP) is 3.19. The van der Waals surface area contributed by atoms with Crippen molar-refractivity contribution in [3.63, 3.8) is 0 Å². The number of aromatic nitrogens is 1. The number of anilines is 2. The highest BCUT2D eigenvalue weighted by Gasteiger charge is 2.16. The van der Waals surface area contributed by atoms with E-state index in [-0.39, 0.29) is 24.8 Å². The summed E-state index contributed by atoms with van der Waals surface area (Å²) in [6, 6.07) is 10.0. The van der Waals surface area contributed by atoms with Crippen LogP contribution in [-0.4, -0.2) is 35.0 Å². The van der Waals surface area contributed by atoms with Gasteiger partial charge in [-0.1, -0.05) is 6.07 Å². The second kappa shape index (κ2) is 9.50. The van der Waals surface area contributed by atoms with E-state index in [9.17, 15) is 14.4 Å². The third-order valence-corrected chi connectivity index (χ3v) is 3.37.